The van der Waals surface area contributed by atoms with Gasteiger partial charge in [0.2, 0.25) is 0 Å². The Labute approximate surface area is 103 Å². The molecule has 2 rings (SSSR count). The number of hydrogen-bond donors (Lipinski definition) is 1. The molecule has 1 aliphatic heterocycles. The maximum Gasteiger partial charge on any atom is 0.162 e. The van der Waals surface area contributed by atoms with E-state index in [1.807, 2.05) is 12.1 Å². The van der Waals surface area contributed by atoms with Crippen molar-refractivity contribution in [3.8, 4) is 11.5 Å². The van der Waals surface area contributed by atoms with Crippen LogP contribution >= 0.6 is 0 Å². The van der Waals surface area contributed by atoms with Crippen LogP contribution in [0.25, 0.3) is 0 Å². The minimum Gasteiger partial charge on any atom is -0.493 e. The first-order chi connectivity index (χ1) is 8.13. The van der Waals surface area contributed by atoms with Crippen molar-refractivity contribution in [3.63, 3.8) is 0 Å². The monoisotopic (exact) mass is 235 g/mol. The van der Waals surface area contributed by atoms with Gasteiger partial charge in [-0.3, -0.25) is 0 Å². The molecule has 1 saturated heterocycles. The molecule has 1 fully saturated rings. The van der Waals surface area contributed by atoms with Crippen LogP contribution in [0.3, 0.4) is 0 Å². The van der Waals surface area contributed by atoms with Crippen molar-refractivity contribution in [2.45, 2.75) is 32.3 Å². The summed E-state index contributed by atoms with van der Waals surface area (Å²) in [4.78, 5) is 0. The van der Waals surface area contributed by atoms with Gasteiger partial charge >= 0.3 is 0 Å². The van der Waals surface area contributed by atoms with E-state index in [1.165, 1.54) is 5.56 Å². The van der Waals surface area contributed by atoms with Crippen molar-refractivity contribution in [2.24, 2.45) is 0 Å². The largest absolute Gasteiger partial charge is 0.493 e. The first-order valence-electron chi connectivity index (χ1n) is 6.17. The number of rotatable bonds is 3. The first kappa shape index (κ1) is 12.2. The average molecular weight is 235 g/mol. The maximum absolute atomic E-state index is 6.13. The van der Waals surface area contributed by atoms with Crippen LogP contribution in [0.15, 0.2) is 18.2 Å². The summed E-state index contributed by atoms with van der Waals surface area (Å²) in [6, 6.07) is 6.06. The lowest BCUT2D eigenvalue weighted by Crippen LogP contribution is -2.47. The second kappa shape index (κ2) is 4.96. The molecular weight excluding hydrogens is 214 g/mol. The molecule has 0 spiro atoms. The van der Waals surface area contributed by atoms with Crippen LogP contribution in [0, 0.1) is 6.92 Å². The molecule has 0 bridgehead atoms. The number of nitrogens with one attached hydrogen (secondary N) is 1. The Balaban J connectivity index is 2.17. The topological polar surface area (TPSA) is 30.5 Å². The Hall–Kier alpha value is -1.22. The summed E-state index contributed by atoms with van der Waals surface area (Å²) < 4.78 is 11.5. The van der Waals surface area contributed by atoms with Crippen LogP contribution in [-0.2, 0) is 0 Å². The quantitative estimate of drug-likeness (QED) is 0.873. The van der Waals surface area contributed by atoms with Gasteiger partial charge in [-0.2, -0.15) is 0 Å². The van der Waals surface area contributed by atoms with Crippen LogP contribution in [-0.4, -0.2) is 25.8 Å². The molecule has 1 unspecified atom stereocenters. The summed E-state index contributed by atoms with van der Waals surface area (Å²) in [5.74, 6) is 1.65. The molecule has 1 heterocycles. The van der Waals surface area contributed by atoms with E-state index in [0.717, 1.165) is 37.4 Å². The summed E-state index contributed by atoms with van der Waals surface area (Å²) in [5, 5.41) is 3.38. The van der Waals surface area contributed by atoms with Gasteiger partial charge in [0.25, 0.3) is 0 Å². The lowest BCUT2D eigenvalue weighted by atomic mass is 9.96. The van der Waals surface area contributed by atoms with Crippen molar-refractivity contribution >= 4 is 0 Å². The fourth-order valence-corrected chi connectivity index (χ4v) is 2.24. The zero-order valence-electron chi connectivity index (χ0n) is 10.9. The van der Waals surface area contributed by atoms with E-state index in [0.29, 0.717) is 0 Å². The van der Waals surface area contributed by atoms with E-state index < -0.39 is 0 Å². The second-order valence-corrected chi connectivity index (χ2v) is 4.99. The molecule has 1 atom stereocenters. The summed E-state index contributed by atoms with van der Waals surface area (Å²) in [6.45, 7) is 6.18. The van der Waals surface area contributed by atoms with Gasteiger partial charge in [0, 0.05) is 6.54 Å². The SMILES string of the molecule is COc1cc(C)ccc1OC1(C)CCCNC1. The highest BCUT2D eigenvalue weighted by Crippen LogP contribution is 2.32. The maximum atomic E-state index is 6.13. The molecule has 1 aromatic rings. The Morgan fingerprint density at radius 1 is 1.29 bits per heavy atom. The van der Waals surface area contributed by atoms with Gasteiger partial charge in [0.15, 0.2) is 11.5 Å². The van der Waals surface area contributed by atoms with Crippen LogP contribution in [0.2, 0.25) is 0 Å². The second-order valence-electron chi connectivity index (χ2n) is 4.99. The van der Waals surface area contributed by atoms with E-state index in [2.05, 4.69) is 25.2 Å². The van der Waals surface area contributed by atoms with Gasteiger partial charge in [-0.15, -0.1) is 0 Å². The summed E-state index contributed by atoms with van der Waals surface area (Å²) in [6.07, 6.45) is 2.24. The molecule has 0 aliphatic carbocycles. The predicted octanol–water partition coefficient (Wildman–Crippen LogP) is 2.52. The average Bonchev–Trinajstić information content (AvgIpc) is 2.32. The molecule has 0 saturated carbocycles. The molecular formula is C14H21NO2. The van der Waals surface area contributed by atoms with E-state index in [1.54, 1.807) is 7.11 Å². The lowest BCUT2D eigenvalue weighted by Gasteiger charge is -2.35. The zero-order valence-corrected chi connectivity index (χ0v) is 10.9. The van der Waals surface area contributed by atoms with E-state index in [-0.39, 0.29) is 5.60 Å². The minimum absolute atomic E-state index is 0.124. The molecule has 3 nitrogen and oxygen atoms in total. The molecule has 0 amide bonds. The minimum atomic E-state index is -0.124. The molecule has 1 N–H and O–H groups in total. The van der Waals surface area contributed by atoms with E-state index >= 15 is 0 Å². The van der Waals surface area contributed by atoms with Gasteiger partial charge < -0.3 is 14.8 Å². The van der Waals surface area contributed by atoms with Crippen molar-refractivity contribution in [2.75, 3.05) is 20.2 Å². The standard InChI is InChI=1S/C14H21NO2/c1-11-5-6-12(13(9-11)16-3)17-14(2)7-4-8-15-10-14/h5-6,9,15H,4,7-8,10H2,1-3H3. The third kappa shape index (κ3) is 2.91. The van der Waals surface area contributed by atoms with E-state index in [9.17, 15) is 0 Å². The number of aryl methyl sites for hydroxylation is 1. The number of benzene rings is 1. The highest BCUT2D eigenvalue weighted by atomic mass is 16.5. The third-order valence-corrected chi connectivity index (χ3v) is 3.23. The Morgan fingerprint density at radius 2 is 2.12 bits per heavy atom. The number of methoxy groups -OCH3 is 1. The summed E-state index contributed by atoms with van der Waals surface area (Å²) >= 11 is 0. The number of piperidine rings is 1. The molecule has 0 radical (unpaired) electrons. The fourth-order valence-electron chi connectivity index (χ4n) is 2.24. The Bertz CT molecular complexity index is 384. The molecule has 0 aromatic heterocycles. The molecule has 1 aromatic carbocycles. The lowest BCUT2D eigenvalue weighted by molar-refractivity contribution is 0.0584. The van der Waals surface area contributed by atoms with Gasteiger partial charge in [-0.1, -0.05) is 6.07 Å². The van der Waals surface area contributed by atoms with Crippen molar-refractivity contribution in [3.05, 3.63) is 23.8 Å². The van der Waals surface area contributed by atoms with Crippen LogP contribution in [0.1, 0.15) is 25.3 Å². The van der Waals surface area contributed by atoms with Crippen LogP contribution < -0.4 is 14.8 Å². The number of hydrogen-bond acceptors (Lipinski definition) is 3. The zero-order chi connectivity index (χ0) is 12.3. The van der Waals surface area contributed by atoms with Crippen molar-refractivity contribution < 1.29 is 9.47 Å². The Kier molecular flexibility index (Phi) is 3.57. The fraction of sp³-hybridized carbons (Fsp3) is 0.571. The third-order valence-electron chi connectivity index (χ3n) is 3.23. The van der Waals surface area contributed by atoms with Crippen molar-refractivity contribution in [1.82, 2.24) is 5.32 Å². The smallest absolute Gasteiger partial charge is 0.162 e. The summed E-state index contributed by atoms with van der Waals surface area (Å²) in [5.41, 5.74) is 1.06. The summed E-state index contributed by atoms with van der Waals surface area (Å²) in [7, 11) is 1.68. The molecule has 3 heteroatoms. The number of ether oxygens (including phenoxy) is 2. The van der Waals surface area contributed by atoms with Gasteiger partial charge in [0.05, 0.1) is 7.11 Å². The van der Waals surface area contributed by atoms with Gasteiger partial charge in [-0.05, 0) is 50.9 Å². The van der Waals surface area contributed by atoms with Crippen molar-refractivity contribution in [1.29, 1.82) is 0 Å². The highest BCUT2D eigenvalue weighted by Gasteiger charge is 2.29. The molecule has 17 heavy (non-hydrogen) atoms. The highest BCUT2D eigenvalue weighted by molar-refractivity contribution is 5.43. The predicted molar refractivity (Wildman–Crippen MR) is 68.9 cm³/mol. The van der Waals surface area contributed by atoms with Gasteiger partial charge in [-0.25, -0.2) is 0 Å². The Morgan fingerprint density at radius 3 is 2.76 bits per heavy atom. The molecule has 94 valence electrons. The van der Waals surface area contributed by atoms with Crippen LogP contribution in [0.5, 0.6) is 11.5 Å². The van der Waals surface area contributed by atoms with E-state index in [4.69, 9.17) is 9.47 Å². The van der Waals surface area contributed by atoms with Gasteiger partial charge in [0.1, 0.15) is 5.60 Å². The first-order valence-corrected chi connectivity index (χ1v) is 6.17. The normalized spacial score (nSPS) is 24.4. The molecule has 1 aliphatic rings. The van der Waals surface area contributed by atoms with Crippen LogP contribution in [0.4, 0.5) is 0 Å².